The van der Waals surface area contributed by atoms with E-state index >= 15 is 0 Å². The molecule has 2 rings (SSSR count). The molecule has 17 heavy (non-hydrogen) atoms. The van der Waals surface area contributed by atoms with Crippen molar-refractivity contribution in [3.8, 4) is 0 Å². The van der Waals surface area contributed by atoms with Gasteiger partial charge in [0.25, 0.3) is 0 Å². The highest BCUT2D eigenvalue weighted by Gasteiger charge is 2.44. The maximum Gasteiger partial charge on any atom is 0.170 e. The molecule has 2 atom stereocenters. The molecule has 0 aromatic heterocycles. The van der Waals surface area contributed by atoms with Gasteiger partial charge in [0.15, 0.2) is 11.5 Å². The summed E-state index contributed by atoms with van der Waals surface area (Å²) in [6.45, 7) is 3.50. The molecule has 0 radical (unpaired) electrons. The van der Waals surface area contributed by atoms with E-state index in [1.807, 2.05) is 18.2 Å². The van der Waals surface area contributed by atoms with Crippen molar-refractivity contribution in [3.63, 3.8) is 0 Å². The lowest BCUT2D eigenvalue weighted by molar-refractivity contribution is -0.136. The molecule has 1 aromatic carbocycles. The summed E-state index contributed by atoms with van der Waals surface area (Å²) >= 11 is 0. The highest BCUT2D eigenvalue weighted by atomic mass is 19.1. The second-order valence-electron chi connectivity index (χ2n) is 5.77. The average molecular weight is 234 g/mol. The van der Waals surface area contributed by atoms with Gasteiger partial charge in [0.2, 0.25) is 0 Å². The number of hydrogen-bond acceptors (Lipinski definition) is 1. The second kappa shape index (κ2) is 4.25. The Morgan fingerprint density at radius 2 is 1.82 bits per heavy atom. The Labute approximate surface area is 102 Å². The van der Waals surface area contributed by atoms with Crippen LogP contribution >= 0.6 is 0 Å². The van der Waals surface area contributed by atoms with Crippen molar-refractivity contribution in [1.29, 1.82) is 0 Å². The Morgan fingerprint density at radius 1 is 1.18 bits per heavy atom. The van der Waals surface area contributed by atoms with E-state index in [1.165, 1.54) is 12.5 Å². The van der Waals surface area contributed by atoms with E-state index in [4.69, 9.17) is 0 Å². The van der Waals surface area contributed by atoms with Crippen molar-refractivity contribution in [2.75, 3.05) is 0 Å². The van der Waals surface area contributed by atoms with Crippen molar-refractivity contribution in [2.45, 2.75) is 45.2 Å². The normalized spacial score (nSPS) is 33.7. The highest BCUT2D eigenvalue weighted by molar-refractivity contribution is 5.88. The van der Waals surface area contributed by atoms with Crippen molar-refractivity contribution < 1.29 is 9.18 Å². The molecule has 0 saturated heterocycles. The Morgan fingerprint density at radius 3 is 2.41 bits per heavy atom. The van der Waals surface area contributed by atoms with Gasteiger partial charge >= 0.3 is 0 Å². The molecule has 0 unspecified atom stereocenters. The number of halogens is 1. The van der Waals surface area contributed by atoms with Gasteiger partial charge in [-0.05, 0) is 37.2 Å². The lowest BCUT2D eigenvalue weighted by Crippen LogP contribution is -2.42. The van der Waals surface area contributed by atoms with Gasteiger partial charge in [0, 0.05) is 6.42 Å². The summed E-state index contributed by atoms with van der Waals surface area (Å²) in [5.74, 6) is -0.234. The van der Waals surface area contributed by atoms with Crippen LogP contribution in [0.1, 0.15) is 38.7 Å². The third-order valence-corrected chi connectivity index (χ3v) is 3.84. The fraction of sp³-hybridized carbons (Fsp3) is 0.533. The zero-order valence-electron chi connectivity index (χ0n) is 10.5. The molecule has 1 aromatic rings. The minimum atomic E-state index is -1.60. The third-order valence-electron chi connectivity index (χ3n) is 3.84. The van der Waals surface area contributed by atoms with E-state index < -0.39 is 5.67 Å². The van der Waals surface area contributed by atoms with Gasteiger partial charge in [0.1, 0.15) is 0 Å². The third kappa shape index (κ3) is 2.74. The largest absolute Gasteiger partial charge is 0.296 e. The molecule has 0 bridgehead atoms. The Kier molecular flexibility index (Phi) is 3.07. The number of rotatable bonds is 2. The molecular formula is C15H19FO. The maximum absolute atomic E-state index is 13.8. The lowest BCUT2D eigenvalue weighted by Gasteiger charge is -2.38. The molecule has 1 nitrogen and oxygen atoms in total. The predicted octanol–water partition coefficient (Wildman–Crippen LogP) is 3.72. The number of carbonyl (C=O) groups excluding carboxylic acids is 1. The van der Waals surface area contributed by atoms with E-state index in [2.05, 4.69) is 19.1 Å². The molecule has 1 saturated carbocycles. The minimum absolute atomic E-state index is 0.0793. The molecule has 0 aliphatic heterocycles. The minimum Gasteiger partial charge on any atom is -0.296 e. The molecule has 2 heteroatoms. The number of ketones is 1. The van der Waals surface area contributed by atoms with E-state index in [0.29, 0.717) is 12.8 Å². The van der Waals surface area contributed by atoms with Crippen LogP contribution in [0.15, 0.2) is 30.3 Å². The van der Waals surface area contributed by atoms with Gasteiger partial charge in [-0.3, -0.25) is 4.79 Å². The van der Waals surface area contributed by atoms with Gasteiger partial charge in [-0.2, -0.15) is 0 Å². The molecule has 0 heterocycles. The Bertz CT molecular complexity index is 410. The van der Waals surface area contributed by atoms with Crippen molar-refractivity contribution in [1.82, 2.24) is 0 Å². The van der Waals surface area contributed by atoms with Gasteiger partial charge in [0.05, 0.1) is 0 Å². The predicted molar refractivity (Wildman–Crippen MR) is 66.6 cm³/mol. The number of carbonyl (C=O) groups is 1. The van der Waals surface area contributed by atoms with Crippen LogP contribution in [-0.4, -0.2) is 11.5 Å². The fourth-order valence-electron chi connectivity index (χ4n) is 2.58. The maximum atomic E-state index is 13.8. The van der Waals surface area contributed by atoms with Crippen LogP contribution in [0, 0.1) is 5.41 Å². The Balaban J connectivity index is 2.09. The van der Waals surface area contributed by atoms with Crippen LogP contribution < -0.4 is 0 Å². The lowest BCUT2D eigenvalue weighted by atomic mass is 9.67. The Hall–Kier alpha value is -1.18. The average Bonchev–Trinajstić information content (AvgIpc) is 2.26. The van der Waals surface area contributed by atoms with E-state index in [9.17, 15) is 9.18 Å². The smallest absolute Gasteiger partial charge is 0.170 e. The zero-order chi connectivity index (χ0) is 12.5. The number of hydrogen-bond donors (Lipinski definition) is 0. The van der Waals surface area contributed by atoms with Gasteiger partial charge in [-0.1, -0.05) is 37.3 Å². The molecule has 0 amide bonds. The van der Waals surface area contributed by atoms with Crippen LogP contribution in [0.5, 0.6) is 0 Å². The van der Waals surface area contributed by atoms with Crippen LogP contribution in [0.4, 0.5) is 4.39 Å². The topological polar surface area (TPSA) is 17.1 Å². The molecule has 0 spiro atoms. The SMILES string of the molecule is C[C@]1(Cc2ccccc2)CC[C@@](C)(F)C(=O)C1. The van der Waals surface area contributed by atoms with Gasteiger partial charge < -0.3 is 0 Å². The van der Waals surface area contributed by atoms with E-state index in [1.54, 1.807) is 0 Å². The first kappa shape index (κ1) is 12.3. The number of benzene rings is 1. The van der Waals surface area contributed by atoms with Crippen molar-refractivity contribution >= 4 is 5.78 Å². The van der Waals surface area contributed by atoms with E-state index in [0.717, 1.165) is 12.8 Å². The molecule has 1 aliphatic carbocycles. The standard InChI is InChI=1S/C15H19FO/c1-14(10-12-6-4-3-5-7-12)8-9-15(2,16)13(17)11-14/h3-7H,8-11H2,1-2H3/t14-,15-/m1/s1. The van der Waals surface area contributed by atoms with Crippen LogP contribution in [0.25, 0.3) is 0 Å². The van der Waals surface area contributed by atoms with Crippen molar-refractivity contribution in [2.24, 2.45) is 5.41 Å². The summed E-state index contributed by atoms with van der Waals surface area (Å²) in [6.07, 6.45) is 2.35. The number of Topliss-reactive ketones (excluding diaryl/α,β-unsaturated/α-hetero) is 1. The summed E-state index contributed by atoms with van der Waals surface area (Å²) in [5.41, 5.74) is -0.453. The first-order chi connectivity index (χ1) is 7.91. The summed E-state index contributed by atoms with van der Waals surface area (Å²) in [6, 6.07) is 10.1. The fourth-order valence-corrected chi connectivity index (χ4v) is 2.58. The zero-order valence-corrected chi connectivity index (χ0v) is 10.5. The molecule has 1 fully saturated rings. The first-order valence-electron chi connectivity index (χ1n) is 6.18. The summed E-state index contributed by atoms with van der Waals surface area (Å²) < 4.78 is 13.8. The van der Waals surface area contributed by atoms with Crippen molar-refractivity contribution in [3.05, 3.63) is 35.9 Å². The van der Waals surface area contributed by atoms with Gasteiger partial charge in [-0.25, -0.2) is 4.39 Å². The molecular weight excluding hydrogens is 215 g/mol. The molecule has 0 N–H and O–H groups in total. The van der Waals surface area contributed by atoms with Crippen LogP contribution in [0.3, 0.4) is 0 Å². The summed E-state index contributed by atoms with van der Waals surface area (Å²) in [7, 11) is 0. The quantitative estimate of drug-likeness (QED) is 0.762. The first-order valence-corrected chi connectivity index (χ1v) is 6.18. The van der Waals surface area contributed by atoms with Gasteiger partial charge in [-0.15, -0.1) is 0 Å². The van der Waals surface area contributed by atoms with Crippen LogP contribution in [-0.2, 0) is 11.2 Å². The summed E-state index contributed by atoms with van der Waals surface area (Å²) in [5, 5.41) is 0. The van der Waals surface area contributed by atoms with Crippen LogP contribution in [0.2, 0.25) is 0 Å². The number of alkyl halides is 1. The summed E-state index contributed by atoms with van der Waals surface area (Å²) in [4.78, 5) is 11.7. The highest BCUT2D eigenvalue weighted by Crippen LogP contribution is 2.42. The second-order valence-corrected chi connectivity index (χ2v) is 5.77. The molecule has 92 valence electrons. The van der Waals surface area contributed by atoms with E-state index in [-0.39, 0.29) is 11.2 Å². The monoisotopic (exact) mass is 234 g/mol. The molecule has 1 aliphatic rings.